The van der Waals surface area contributed by atoms with E-state index in [0.717, 1.165) is 28.0 Å². The van der Waals surface area contributed by atoms with Crippen LogP contribution in [-0.2, 0) is 0 Å². The Labute approximate surface area is 146 Å². The fourth-order valence-corrected chi connectivity index (χ4v) is 2.87. The van der Waals surface area contributed by atoms with Gasteiger partial charge in [0.2, 0.25) is 0 Å². The largest absolute Gasteiger partial charge is 0.505 e. The Morgan fingerprint density at radius 1 is 1.00 bits per heavy atom. The molecule has 0 bridgehead atoms. The number of furan rings is 1. The lowest BCUT2D eigenvalue weighted by Crippen LogP contribution is -1.82. The van der Waals surface area contributed by atoms with Crippen LogP contribution in [0.3, 0.4) is 0 Å². The SMILES string of the molecule is Cc1cc(C)c(O)c(N=Cc2ccc(-c3ccc(Cl)cc3C)o2)c1. The highest BCUT2D eigenvalue weighted by Crippen LogP contribution is 2.31. The molecule has 1 heterocycles. The Balaban J connectivity index is 1.89. The molecule has 0 unspecified atom stereocenters. The number of nitrogens with zero attached hydrogens (tertiary/aromatic N) is 1. The lowest BCUT2D eigenvalue weighted by Gasteiger charge is -2.04. The van der Waals surface area contributed by atoms with Crippen molar-refractivity contribution in [3.8, 4) is 17.1 Å². The van der Waals surface area contributed by atoms with Gasteiger partial charge in [-0.05, 0) is 73.9 Å². The molecule has 2 aromatic carbocycles. The average Bonchev–Trinajstić information content (AvgIpc) is 2.98. The minimum atomic E-state index is 0.192. The molecule has 1 aromatic heterocycles. The van der Waals surface area contributed by atoms with Crippen LogP contribution in [0, 0.1) is 20.8 Å². The zero-order chi connectivity index (χ0) is 17.3. The molecule has 0 aliphatic heterocycles. The van der Waals surface area contributed by atoms with E-state index in [1.54, 1.807) is 6.21 Å². The zero-order valence-corrected chi connectivity index (χ0v) is 14.6. The van der Waals surface area contributed by atoms with Gasteiger partial charge in [-0.3, -0.25) is 0 Å². The topological polar surface area (TPSA) is 45.7 Å². The van der Waals surface area contributed by atoms with Crippen molar-refractivity contribution in [1.82, 2.24) is 0 Å². The van der Waals surface area contributed by atoms with Crippen molar-refractivity contribution < 1.29 is 9.52 Å². The highest BCUT2D eigenvalue weighted by molar-refractivity contribution is 6.30. The van der Waals surface area contributed by atoms with Crippen LogP contribution in [0.25, 0.3) is 11.3 Å². The van der Waals surface area contributed by atoms with Crippen molar-refractivity contribution in [3.05, 3.63) is 69.9 Å². The summed E-state index contributed by atoms with van der Waals surface area (Å²) in [5.74, 6) is 1.57. The van der Waals surface area contributed by atoms with Gasteiger partial charge in [0.25, 0.3) is 0 Å². The molecule has 0 spiro atoms. The van der Waals surface area contributed by atoms with E-state index in [2.05, 4.69) is 4.99 Å². The molecule has 0 aliphatic rings. The van der Waals surface area contributed by atoms with Crippen molar-refractivity contribution in [2.24, 2.45) is 4.99 Å². The van der Waals surface area contributed by atoms with E-state index in [-0.39, 0.29) is 5.75 Å². The molecular formula is C20H18ClNO2. The summed E-state index contributed by atoms with van der Waals surface area (Å²) in [6.07, 6.45) is 1.61. The second kappa shape index (κ2) is 6.54. The van der Waals surface area contributed by atoms with Gasteiger partial charge in [-0.2, -0.15) is 0 Å². The molecular weight excluding hydrogens is 322 g/mol. The number of aromatic hydroxyl groups is 1. The molecule has 0 amide bonds. The fraction of sp³-hybridized carbons (Fsp3) is 0.150. The van der Waals surface area contributed by atoms with Crippen molar-refractivity contribution >= 4 is 23.5 Å². The Morgan fingerprint density at radius 2 is 1.79 bits per heavy atom. The van der Waals surface area contributed by atoms with Crippen molar-refractivity contribution in [2.45, 2.75) is 20.8 Å². The monoisotopic (exact) mass is 339 g/mol. The molecule has 24 heavy (non-hydrogen) atoms. The zero-order valence-electron chi connectivity index (χ0n) is 13.8. The van der Waals surface area contributed by atoms with E-state index in [0.29, 0.717) is 16.5 Å². The molecule has 1 N–H and O–H groups in total. The summed E-state index contributed by atoms with van der Waals surface area (Å²) in [5.41, 5.74) is 4.43. The third-order valence-corrected chi connectivity index (χ3v) is 4.07. The Hall–Kier alpha value is -2.52. The molecule has 3 rings (SSSR count). The van der Waals surface area contributed by atoms with Crippen LogP contribution in [0.15, 0.2) is 51.9 Å². The fourth-order valence-electron chi connectivity index (χ4n) is 2.64. The highest BCUT2D eigenvalue weighted by atomic mass is 35.5. The van der Waals surface area contributed by atoms with Crippen LogP contribution in [0.4, 0.5) is 5.69 Å². The number of halogens is 1. The first-order valence-electron chi connectivity index (χ1n) is 7.64. The Bertz CT molecular complexity index is 925. The molecule has 0 saturated carbocycles. The first-order chi connectivity index (χ1) is 11.4. The average molecular weight is 340 g/mol. The maximum Gasteiger partial charge on any atom is 0.145 e. The molecule has 0 saturated heterocycles. The first kappa shape index (κ1) is 16.3. The number of phenolic OH excluding ortho intramolecular Hbond substituents is 1. The highest BCUT2D eigenvalue weighted by Gasteiger charge is 2.08. The smallest absolute Gasteiger partial charge is 0.145 e. The molecule has 3 aromatic rings. The Kier molecular flexibility index (Phi) is 4.45. The van der Waals surface area contributed by atoms with Gasteiger partial charge >= 0.3 is 0 Å². The number of aliphatic imine (C=N–C) groups is 1. The second-order valence-corrected chi connectivity index (χ2v) is 6.31. The minimum absolute atomic E-state index is 0.192. The number of hydrogen-bond acceptors (Lipinski definition) is 3. The lowest BCUT2D eigenvalue weighted by atomic mass is 10.1. The van der Waals surface area contributed by atoms with Gasteiger partial charge in [-0.1, -0.05) is 17.7 Å². The van der Waals surface area contributed by atoms with E-state index in [1.165, 1.54) is 0 Å². The van der Waals surface area contributed by atoms with Gasteiger partial charge in [0.15, 0.2) is 0 Å². The van der Waals surface area contributed by atoms with Crippen LogP contribution in [0.5, 0.6) is 5.75 Å². The van der Waals surface area contributed by atoms with E-state index in [1.807, 2.05) is 63.2 Å². The van der Waals surface area contributed by atoms with Crippen LogP contribution >= 0.6 is 11.6 Å². The summed E-state index contributed by atoms with van der Waals surface area (Å²) in [5, 5.41) is 10.8. The van der Waals surface area contributed by atoms with Crippen molar-refractivity contribution in [1.29, 1.82) is 0 Å². The van der Waals surface area contributed by atoms with Crippen LogP contribution < -0.4 is 0 Å². The maximum atomic E-state index is 10.1. The summed E-state index contributed by atoms with van der Waals surface area (Å²) in [6.45, 7) is 5.82. The van der Waals surface area contributed by atoms with E-state index < -0.39 is 0 Å². The molecule has 0 radical (unpaired) electrons. The van der Waals surface area contributed by atoms with Crippen molar-refractivity contribution in [3.63, 3.8) is 0 Å². The van der Waals surface area contributed by atoms with E-state index in [9.17, 15) is 5.11 Å². The first-order valence-corrected chi connectivity index (χ1v) is 8.02. The summed E-state index contributed by atoms with van der Waals surface area (Å²) in [7, 11) is 0. The number of hydrogen-bond donors (Lipinski definition) is 1. The van der Waals surface area contributed by atoms with Gasteiger partial charge in [-0.15, -0.1) is 0 Å². The van der Waals surface area contributed by atoms with E-state index in [4.69, 9.17) is 16.0 Å². The molecule has 0 fully saturated rings. The number of phenols is 1. The van der Waals surface area contributed by atoms with Crippen LogP contribution in [0.1, 0.15) is 22.5 Å². The van der Waals surface area contributed by atoms with Gasteiger partial charge < -0.3 is 9.52 Å². The number of benzene rings is 2. The standard InChI is InChI=1S/C20H18ClNO2/c1-12-8-14(3)20(23)18(9-12)22-11-16-5-7-19(24-16)17-6-4-15(21)10-13(17)2/h4-11,23H,1-3H3. The lowest BCUT2D eigenvalue weighted by molar-refractivity contribution is 0.472. The summed E-state index contributed by atoms with van der Waals surface area (Å²) < 4.78 is 5.84. The predicted molar refractivity (Wildman–Crippen MR) is 98.7 cm³/mol. The summed E-state index contributed by atoms with van der Waals surface area (Å²) in [4.78, 5) is 4.35. The van der Waals surface area contributed by atoms with Gasteiger partial charge in [-0.25, -0.2) is 4.99 Å². The normalized spacial score (nSPS) is 11.3. The van der Waals surface area contributed by atoms with Crippen LogP contribution in [-0.4, -0.2) is 11.3 Å². The molecule has 0 atom stereocenters. The molecule has 0 aliphatic carbocycles. The second-order valence-electron chi connectivity index (χ2n) is 5.87. The van der Waals surface area contributed by atoms with Crippen LogP contribution in [0.2, 0.25) is 5.02 Å². The summed E-state index contributed by atoms with van der Waals surface area (Å²) in [6, 6.07) is 13.2. The third-order valence-electron chi connectivity index (χ3n) is 3.84. The summed E-state index contributed by atoms with van der Waals surface area (Å²) >= 11 is 5.99. The Morgan fingerprint density at radius 3 is 2.54 bits per heavy atom. The van der Waals surface area contributed by atoms with Crippen molar-refractivity contribution in [2.75, 3.05) is 0 Å². The van der Waals surface area contributed by atoms with Gasteiger partial charge in [0, 0.05) is 10.6 Å². The third kappa shape index (κ3) is 3.36. The van der Waals surface area contributed by atoms with Gasteiger partial charge in [0.05, 0.1) is 6.21 Å². The number of aryl methyl sites for hydroxylation is 3. The molecule has 4 heteroatoms. The predicted octanol–water partition coefficient (Wildman–Crippen LogP) is 5.98. The maximum absolute atomic E-state index is 10.1. The van der Waals surface area contributed by atoms with Gasteiger partial charge in [0.1, 0.15) is 23.0 Å². The number of rotatable bonds is 3. The minimum Gasteiger partial charge on any atom is -0.505 e. The quantitative estimate of drug-likeness (QED) is 0.596. The molecule has 3 nitrogen and oxygen atoms in total. The van der Waals surface area contributed by atoms with E-state index >= 15 is 0 Å². The molecule has 122 valence electrons.